The van der Waals surface area contributed by atoms with Crippen molar-refractivity contribution >= 4 is 22.6 Å². The van der Waals surface area contributed by atoms with Crippen LogP contribution in [0.1, 0.15) is 12.5 Å². The number of benzene rings is 2. The molecule has 7 nitrogen and oxygen atoms in total. The number of nitrogens with two attached hydrogens (primary N) is 1. The quantitative estimate of drug-likeness (QED) is 0.503. The first kappa shape index (κ1) is 16.3. The van der Waals surface area contributed by atoms with E-state index in [0.717, 1.165) is 0 Å². The number of hydrogen-bond acceptors (Lipinski definition) is 4. The van der Waals surface area contributed by atoms with Crippen molar-refractivity contribution in [3.05, 3.63) is 70.5 Å². The van der Waals surface area contributed by atoms with Crippen LogP contribution in [-0.2, 0) is 0 Å². The van der Waals surface area contributed by atoms with Crippen LogP contribution in [-0.4, -0.2) is 21.4 Å². The molecule has 2 aromatic carbocycles. The monoisotopic (exact) mass is 336 g/mol. The normalized spacial score (nSPS) is 11.5. The maximum Gasteiger partial charge on any atom is 0.332 e. The van der Waals surface area contributed by atoms with Crippen LogP contribution in [0.15, 0.2) is 64.5 Å². The molecule has 1 heterocycles. The third kappa shape index (κ3) is 2.94. The third-order valence-corrected chi connectivity index (χ3v) is 3.76. The molecule has 0 saturated carbocycles. The van der Waals surface area contributed by atoms with Gasteiger partial charge >= 0.3 is 6.03 Å². The Kier molecular flexibility index (Phi) is 4.21. The van der Waals surface area contributed by atoms with Crippen molar-refractivity contribution in [3.8, 4) is 11.4 Å². The molecule has 0 saturated heterocycles. The number of pyridine rings is 1. The van der Waals surface area contributed by atoms with Crippen molar-refractivity contribution < 1.29 is 9.90 Å². The predicted octanol–water partition coefficient (Wildman–Crippen LogP) is 2.09. The van der Waals surface area contributed by atoms with E-state index < -0.39 is 11.6 Å². The fourth-order valence-electron chi connectivity index (χ4n) is 2.68. The minimum atomic E-state index is -0.858. The molecule has 126 valence electrons. The van der Waals surface area contributed by atoms with E-state index in [9.17, 15) is 14.7 Å². The highest BCUT2D eigenvalue weighted by atomic mass is 16.3. The van der Waals surface area contributed by atoms with Gasteiger partial charge in [-0.2, -0.15) is 5.10 Å². The van der Waals surface area contributed by atoms with E-state index in [1.165, 1.54) is 11.5 Å². The van der Waals surface area contributed by atoms with E-state index in [4.69, 9.17) is 5.73 Å². The molecule has 0 radical (unpaired) electrons. The molecule has 0 aliphatic rings. The van der Waals surface area contributed by atoms with Crippen LogP contribution in [0.4, 0.5) is 4.79 Å². The highest BCUT2D eigenvalue weighted by molar-refractivity contribution is 6.05. The SMILES string of the molecule is C/C(=N\NC(N)=O)c1c(O)c2ccccc2n(-c2ccccc2)c1=O. The molecule has 0 bridgehead atoms. The largest absolute Gasteiger partial charge is 0.506 e. The zero-order valence-electron chi connectivity index (χ0n) is 13.4. The fraction of sp³-hybridized carbons (Fsp3) is 0.0556. The number of hydrogen-bond donors (Lipinski definition) is 3. The van der Waals surface area contributed by atoms with E-state index in [-0.39, 0.29) is 17.0 Å². The number of aromatic hydroxyl groups is 1. The van der Waals surface area contributed by atoms with Gasteiger partial charge in [0, 0.05) is 11.1 Å². The van der Waals surface area contributed by atoms with Gasteiger partial charge in [0.25, 0.3) is 5.56 Å². The zero-order chi connectivity index (χ0) is 18.0. The Balaban J connectivity index is 2.38. The van der Waals surface area contributed by atoms with Crippen LogP contribution in [0.5, 0.6) is 5.75 Å². The van der Waals surface area contributed by atoms with Crippen LogP contribution in [0.25, 0.3) is 16.6 Å². The summed E-state index contributed by atoms with van der Waals surface area (Å²) in [6.45, 7) is 1.51. The molecule has 4 N–H and O–H groups in total. The highest BCUT2D eigenvalue weighted by Crippen LogP contribution is 2.28. The molecular formula is C18H16N4O3. The van der Waals surface area contributed by atoms with Crippen molar-refractivity contribution in [2.45, 2.75) is 6.92 Å². The smallest absolute Gasteiger partial charge is 0.332 e. The number of aromatic nitrogens is 1. The van der Waals surface area contributed by atoms with Crippen LogP contribution in [0, 0.1) is 0 Å². The second-order valence-electron chi connectivity index (χ2n) is 5.39. The number of nitrogens with one attached hydrogen (secondary N) is 1. The molecule has 0 fully saturated rings. The molecule has 0 spiro atoms. The minimum Gasteiger partial charge on any atom is -0.506 e. The fourth-order valence-corrected chi connectivity index (χ4v) is 2.68. The first-order valence-electron chi connectivity index (χ1n) is 7.53. The summed E-state index contributed by atoms with van der Waals surface area (Å²) in [5.74, 6) is -0.194. The highest BCUT2D eigenvalue weighted by Gasteiger charge is 2.19. The van der Waals surface area contributed by atoms with Gasteiger partial charge in [-0.3, -0.25) is 9.36 Å². The number of carbonyl (C=O) groups excluding carboxylic acids is 1. The second kappa shape index (κ2) is 6.48. The van der Waals surface area contributed by atoms with Gasteiger partial charge in [0.05, 0.1) is 11.2 Å². The number of amides is 2. The van der Waals surface area contributed by atoms with Crippen molar-refractivity contribution in [3.63, 3.8) is 0 Å². The standard InChI is InChI=1S/C18H16N4O3/c1-11(20-21-18(19)25)15-16(23)13-9-5-6-10-14(13)22(17(15)24)12-7-3-2-4-8-12/h2-10,23H,1H3,(H3,19,21,25)/b20-11+. The van der Waals surface area contributed by atoms with Crippen LogP contribution in [0.2, 0.25) is 0 Å². The third-order valence-electron chi connectivity index (χ3n) is 3.76. The molecule has 2 amide bonds. The van der Waals surface area contributed by atoms with E-state index >= 15 is 0 Å². The average molecular weight is 336 g/mol. The number of primary amides is 1. The summed E-state index contributed by atoms with van der Waals surface area (Å²) in [6, 6.07) is 15.2. The van der Waals surface area contributed by atoms with Gasteiger partial charge in [0.15, 0.2) is 0 Å². The lowest BCUT2D eigenvalue weighted by Crippen LogP contribution is -2.29. The Bertz CT molecular complexity index is 1040. The van der Waals surface area contributed by atoms with Gasteiger partial charge in [-0.1, -0.05) is 30.3 Å². The van der Waals surface area contributed by atoms with E-state index in [1.54, 1.807) is 36.4 Å². The molecule has 1 aromatic heterocycles. The summed E-state index contributed by atoms with van der Waals surface area (Å²) in [5.41, 5.74) is 7.99. The van der Waals surface area contributed by atoms with Crippen molar-refractivity contribution in [1.29, 1.82) is 0 Å². The lowest BCUT2D eigenvalue weighted by Gasteiger charge is -2.15. The Morgan fingerprint density at radius 1 is 1.12 bits per heavy atom. The first-order chi connectivity index (χ1) is 12.0. The number of nitrogens with zero attached hydrogens (tertiary/aromatic N) is 2. The summed E-state index contributed by atoms with van der Waals surface area (Å²) in [4.78, 5) is 23.9. The Morgan fingerprint density at radius 2 is 1.76 bits per heavy atom. The van der Waals surface area contributed by atoms with Gasteiger partial charge in [-0.15, -0.1) is 0 Å². The van der Waals surface area contributed by atoms with Gasteiger partial charge < -0.3 is 10.8 Å². The topological polar surface area (TPSA) is 110 Å². The van der Waals surface area contributed by atoms with Crippen molar-refractivity contribution in [1.82, 2.24) is 9.99 Å². The molecular weight excluding hydrogens is 320 g/mol. The van der Waals surface area contributed by atoms with E-state index in [0.29, 0.717) is 16.6 Å². The molecule has 0 atom stereocenters. The molecule has 3 rings (SSSR count). The summed E-state index contributed by atoms with van der Waals surface area (Å²) in [5, 5.41) is 14.9. The summed E-state index contributed by atoms with van der Waals surface area (Å²) in [7, 11) is 0. The van der Waals surface area contributed by atoms with Gasteiger partial charge in [0.2, 0.25) is 0 Å². The Hall–Kier alpha value is -3.61. The number of fused-ring (bicyclic) bond motifs is 1. The summed E-state index contributed by atoms with van der Waals surface area (Å²) >= 11 is 0. The molecule has 7 heteroatoms. The minimum absolute atomic E-state index is 0.00342. The van der Waals surface area contributed by atoms with Gasteiger partial charge in [-0.25, -0.2) is 10.2 Å². The van der Waals surface area contributed by atoms with Gasteiger partial charge in [0.1, 0.15) is 11.3 Å². The first-order valence-corrected chi connectivity index (χ1v) is 7.53. The number of urea groups is 1. The lowest BCUT2D eigenvalue weighted by molar-refractivity contribution is 0.249. The van der Waals surface area contributed by atoms with E-state index in [1.807, 2.05) is 18.2 Å². The molecule has 0 unspecified atom stereocenters. The lowest BCUT2D eigenvalue weighted by atomic mass is 10.1. The maximum atomic E-state index is 13.1. The summed E-state index contributed by atoms with van der Waals surface area (Å²) in [6.07, 6.45) is 0. The van der Waals surface area contributed by atoms with Crippen LogP contribution < -0.4 is 16.7 Å². The summed E-state index contributed by atoms with van der Waals surface area (Å²) < 4.78 is 1.49. The molecule has 3 aromatic rings. The number of hydrazone groups is 1. The van der Waals surface area contributed by atoms with Crippen molar-refractivity contribution in [2.24, 2.45) is 10.8 Å². The second-order valence-corrected chi connectivity index (χ2v) is 5.39. The Morgan fingerprint density at radius 3 is 2.44 bits per heavy atom. The van der Waals surface area contributed by atoms with Crippen molar-refractivity contribution in [2.75, 3.05) is 0 Å². The zero-order valence-corrected chi connectivity index (χ0v) is 13.4. The molecule has 0 aliphatic carbocycles. The Labute approximate surface area is 143 Å². The average Bonchev–Trinajstić information content (AvgIpc) is 2.61. The van der Waals surface area contributed by atoms with Crippen LogP contribution >= 0.6 is 0 Å². The van der Waals surface area contributed by atoms with E-state index in [2.05, 4.69) is 10.5 Å². The number of carbonyl (C=O) groups is 1. The maximum absolute atomic E-state index is 13.1. The molecule has 0 aliphatic heterocycles. The molecule has 25 heavy (non-hydrogen) atoms. The van der Waals surface area contributed by atoms with Gasteiger partial charge in [-0.05, 0) is 31.2 Å². The predicted molar refractivity (Wildman–Crippen MR) is 96.1 cm³/mol. The van der Waals surface area contributed by atoms with Crippen LogP contribution in [0.3, 0.4) is 0 Å². The number of para-hydroxylation sites is 2. The number of rotatable bonds is 3.